The Balaban J connectivity index is 1.86. The predicted molar refractivity (Wildman–Crippen MR) is 106 cm³/mol. The number of nitrogens with zero attached hydrogens (tertiary/aromatic N) is 2. The molecule has 1 N–H and O–H groups in total. The fourth-order valence-electron chi connectivity index (χ4n) is 2.78. The van der Waals surface area contributed by atoms with Gasteiger partial charge in [0.1, 0.15) is 12.3 Å². The fraction of sp³-hybridized carbons (Fsp3) is 0.250. The Labute approximate surface area is 166 Å². The van der Waals surface area contributed by atoms with Crippen molar-refractivity contribution in [2.24, 2.45) is 0 Å². The Morgan fingerprint density at radius 1 is 1.10 bits per heavy atom. The van der Waals surface area contributed by atoms with Gasteiger partial charge in [0.05, 0.1) is 26.5 Å². The van der Waals surface area contributed by atoms with Crippen LogP contribution in [0.15, 0.2) is 51.8 Å². The predicted octanol–water partition coefficient (Wildman–Crippen LogP) is 2.56. The van der Waals surface area contributed by atoms with Crippen LogP contribution in [0.1, 0.15) is 6.92 Å². The minimum Gasteiger partial charge on any atom is -0.493 e. The molecule has 0 spiro atoms. The lowest BCUT2D eigenvalue weighted by molar-refractivity contribution is -0.116. The number of rotatable bonds is 8. The number of carbonyl (C=O) groups excluding carboxylic acids is 1. The number of hydrogen-bond acceptors (Lipinski definition) is 7. The molecular weight excluding hydrogens is 378 g/mol. The van der Waals surface area contributed by atoms with Gasteiger partial charge in [0.15, 0.2) is 17.3 Å². The van der Waals surface area contributed by atoms with Crippen molar-refractivity contribution in [2.75, 3.05) is 26.1 Å². The molecule has 0 radical (unpaired) electrons. The van der Waals surface area contributed by atoms with Gasteiger partial charge in [-0.1, -0.05) is 17.3 Å². The first-order chi connectivity index (χ1) is 14.1. The third kappa shape index (κ3) is 4.40. The maximum absolute atomic E-state index is 12.6. The molecule has 29 heavy (non-hydrogen) atoms. The van der Waals surface area contributed by atoms with Crippen LogP contribution in [0, 0.1) is 0 Å². The highest BCUT2D eigenvalue weighted by atomic mass is 16.5. The van der Waals surface area contributed by atoms with Crippen molar-refractivity contribution < 1.29 is 23.5 Å². The van der Waals surface area contributed by atoms with Crippen LogP contribution in [0.5, 0.6) is 17.2 Å². The van der Waals surface area contributed by atoms with E-state index in [4.69, 9.17) is 18.7 Å². The van der Waals surface area contributed by atoms with E-state index in [9.17, 15) is 9.59 Å². The molecule has 152 valence electrons. The van der Waals surface area contributed by atoms with Crippen LogP contribution in [-0.4, -0.2) is 36.5 Å². The summed E-state index contributed by atoms with van der Waals surface area (Å²) in [5.41, 5.74) is 1.05. The summed E-state index contributed by atoms with van der Waals surface area (Å²) in [7, 11) is 3.02. The molecule has 3 rings (SSSR count). The van der Waals surface area contributed by atoms with E-state index in [1.54, 1.807) is 42.5 Å². The Morgan fingerprint density at radius 3 is 2.59 bits per heavy atom. The van der Waals surface area contributed by atoms with E-state index >= 15 is 0 Å². The second-order valence-corrected chi connectivity index (χ2v) is 5.91. The van der Waals surface area contributed by atoms with Gasteiger partial charge in [0.25, 0.3) is 0 Å². The summed E-state index contributed by atoms with van der Waals surface area (Å²) < 4.78 is 21.9. The first-order valence-electron chi connectivity index (χ1n) is 8.88. The zero-order valence-electron chi connectivity index (χ0n) is 16.3. The Kier molecular flexibility index (Phi) is 6.18. The third-order valence-electron chi connectivity index (χ3n) is 4.09. The van der Waals surface area contributed by atoms with E-state index < -0.39 is 11.7 Å². The lowest BCUT2D eigenvalue weighted by Crippen LogP contribution is -2.25. The van der Waals surface area contributed by atoms with Gasteiger partial charge >= 0.3 is 5.76 Å². The van der Waals surface area contributed by atoms with Gasteiger partial charge in [-0.15, -0.1) is 0 Å². The van der Waals surface area contributed by atoms with Crippen molar-refractivity contribution >= 4 is 11.6 Å². The van der Waals surface area contributed by atoms with Gasteiger partial charge < -0.3 is 19.5 Å². The normalized spacial score (nSPS) is 10.4. The summed E-state index contributed by atoms with van der Waals surface area (Å²) >= 11 is 0. The Hall–Kier alpha value is -3.75. The van der Waals surface area contributed by atoms with Gasteiger partial charge in [0.2, 0.25) is 5.91 Å². The number of anilines is 1. The standard InChI is InChI=1S/C20H21N3O6/c1-4-28-15-8-6-5-7-14(15)21-18(24)12-23-19(22-29-20(23)25)13-9-10-16(26-2)17(11-13)27-3/h5-11H,4,12H2,1-3H3,(H,21,24). The topological polar surface area (TPSA) is 105 Å². The molecule has 0 unspecified atom stereocenters. The number of nitrogens with one attached hydrogen (secondary N) is 1. The first-order valence-corrected chi connectivity index (χ1v) is 8.88. The largest absolute Gasteiger partial charge is 0.493 e. The number of amides is 1. The number of benzene rings is 2. The third-order valence-corrected chi connectivity index (χ3v) is 4.09. The monoisotopic (exact) mass is 399 g/mol. The lowest BCUT2D eigenvalue weighted by atomic mass is 10.2. The molecule has 1 amide bonds. The minimum absolute atomic E-state index is 0.198. The average molecular weight is 399 g/mol. The molecule has 0 aliphatic rings. The quantitative estimate of drug-likeness (QED) is 0.621. The van der Waals surface area contributed by atoms with Crippen molar-refractivity contribution in [3.05, 3.63) is 53.0 Å². The molecular formula is C20H21N3O6. The van der Waals surface area contributed by atoms with Crippen LogP contribution in [0.3, 0.4) is 0 Å². The second kappa shape index (κ2) is 8.96. The maximum atomic E-state index is 12.6. The van der Waals surface area contributed by atoms with Gasteiger partial charge in [-0.3, -0.25) is 9.32 Å². The maximum Gasteiger partial charge on any atom is 0.442 e. The summed E-state index contributed by atoms with van der Waals surface area (Å²) in [6, 6.07) is 12.1. The SMILES string of the molecule is CCOc1ccccc1NC(=O)Cn1c(-c2ccc(OC)c(OC)c2)noc1=O. The van der Waals surface area contributed by atoms with E-state index in [0.717, 1.165) is 4.57 Å². The molecule has 1 heterocycles. The molecule has 0 atom stereocenters. The fourth-order valence-corrected chi connectivity index (χ4v) is 2.78. The van der Waals surface area contributed by atoms with Gasteiger partial charge in [-0.25, -0.2) is 9.36 Å². The molecule has 0 saturated heterocycles. The molecule has 0 aliphatic heterocycles. The summed E-state index contributed by atoms with van der Waals surface area (Å²) in [5.74, 6) is 0.554. The van der Waals surface area contributed by atoms with Gasteiger partial charge in [0, 0.05) is 5.56 Å². The van der Waals surface area contributed by atoms with Crippen LogP contribution in [0.2, 0.25) is 0 Å². The average Bonchev–Trinajstić information content (AvgIpc) is 3.09. The number of methoxy groups -OCH3 is 2. The number of para-hydroxylation sites is 2. The highest BCUT2D eigenvalue weighted by Crippen LogP contribution is 2.31. The smallest absolute Gasteiger partial charge is 0.442 e. The van der Waals surface area contributed by atoms with Crippen molar-refractivity contribution in [2.45, 2.75) is 13.5 Å². The molecule has 2 aromatic carbocycles. The second-order valence-electron chi connectivity index (χ2n) is 5.91. The molecule has 1 aromatic heterocycles. The summed E-state index contributed by atoms with van der Waals surface area (Å²) in [4.78, 5) is 24.7. The van der Waals surface area contributed by atoms with Gasteiger partial charge in [-0.05, 0) is 37.3 Å². The van der Waals surface area contributed by atoms with E-state index in [1.165, 1.54) is 14.2 Å². The number of carbonyl (C=O) groups is 1. The van der Waals surface area contributed by atoms with Crippen molar-refractivity contribution in [3.63, 3.8) is 0 Å². The highest BCUT2D eigenvalue weighted by Gasteiger charge is 2.18. The first kappa shape index (κ1) is 20.0. The van der Waals surface area contributed by atoms with Gasteiger partial charge in [-0.2, -0.15) is 0 Å². The number of hydrogen-bond donors (Lipinski definition) is 1. The minimum atomic E-state index is -0.747. The molecule has 0 fully saturated rings. The summed E-state index contributed by atoms with van der Waals surface area (Å²) in [6.45, 7) is 2.03. The molecule has 0 saturated carbocycles. The Bertz CT molecular complexity index is 1060. The van der Waals surface area contributed by atoms with Crippen LogP contribution in [-0.2, 0) is 11.3 Å². The zero-order chi connectivity index (χ0) is 20.8. The highest BCUT2D eigenvalue weighted by molar-refractivity contribution is 5.92. The molecule has 9 heteroatoms. The van der Waals surface area contributed by atoms with E-state index in [2.05, 4.69) is 10.5 Å². The molecule has 3 aromatic rings. The zero-order valence-corrected chi connectivity index (χ0v) is 16.3. The summed E-state index contributed by atoms with van der Waals surface area (Å²) in [5, 5.41) is 6.54. The van der Waals surface area contributed by atoms with Crippen molar-refractivity contribution in [1.29, 1.82) is 0 Å². The van der Waals surface area contributed by atoms with E-state index in [0.29, 0.717) is 35.1 Å². The van der Waals surface area contributed by atoms with E-state index in [-0.39, 0.29) is 12.4 Å². The number of aromatic nitrogens is 2. The van der Waals surface area contributed by atoms with E-state index in [1.807, 2.05) is 6.92 Å². The van der Waals surface area contributed by atoms with Crippen molar-refractivity contribution in [3.8, 4) is 28.6 Å². The van der Waals surface area contributed by atoms with Crippen LogP contribution >= 0.6 is 0 Å². The number of ether oxygens (including phenoxy) is 3. The lowest BCUT2D eigenvalue weighted by Gasteiger charge is -2.12. The van der Waals surface area contributed by atoms with Crippen LogP contribution < -0.4 is 25.3 Å². The molecule has 0 bridgehead atoms. The Morgan fingerprint density at radius 2 is 1.86 bits per heavy atom. The van der Waals surface area contributed by atoms with Crippen LogP contribution in [0.4, 0.5) is 5.69 Å². The summed E-state index contributed by atoms with van der Waals surface area (Å²) in [6.07, 6.45) is 0. The van der Waals surface area contributed by atoms with Crippen molar-refractivity contribution in [1.82, 2.24) is 9.72 Å². The molecule has 0 aliphatic carbocycles. The molecule has 9 nitrogen and oxygen atoms in total. The van der Waals surface area contributed by atoms with Crippen LogP contribution in [0.25, 0.3) is 11.4 Å².